The Labute approximate surface area is 164 Å². The lowest BCUT2D eigenvalue weighted by Crippen LogP contribution is -2.44. The molecule has 3 aliphatic carbocycles. The highest BCUT2D eigenvalue weighted by atomic mass is 16.3. The van der Waals surface area contributed by atoms with Gasteiger partial charge in [0.1, 0.15) is 5.52 Å². The van der Waals surface area contributed by atoms with E-state index in [1.165, 1.54) is 24.0 Å². The molecule has 0 radical (unpaired) electrons. The second-order valence-corrected chi connectivity index (χ2v) is 9.08. The first-order valence-electron chi connectivity index (χ1n) is 10.5. The number of aromatic nitrogens is 3. The first kappa shape index (κ1) is 16.5. The fourth-order valence-corrected chi connectivity index (χ4v) is 6.19. The van der Waals surface area contributed by atoms with E-state index in [9.17, 15) is 5.11 Å². The summed E-state index contributed by atoms with van der Waals surface area (Å²) in [6.07, 6.45) is 8.66. The maximum absolute atomic E-state index is 10.5. The smallest absolute Gasteiger partial charge is 0.113 e. The van der Waals surface area contributed by atoms with Crippen LogP contribution in [0.5, 0.6) is 0 Å². The molecule has 2 aromatic carbocycles. The van der Waals surface area contributed by atoms with Gasteiger partial charge in [-0.1, -0.05) is 42.5 Å². The topological polar surface area (TPSA) is 50.9 Å². The Bertz CT molecular complexity index is 1100. The molecule has 5 atom stereocenters. The molecule has 1 aromatic heterocycles. The van der Waals surface area contributed by atoms with Crippen LogP contribution in [0.3, 0.4) is 0 Å². The molecule has 28 heavy (non-hydrogen) atoms. The largest absolute Gasteiger partial charge is 0.388 e. The van der Waals surface area contributed by atoms with Crippen LogP contribution in [-0.4, -0.2) is 26.2 Å². The van der Waals surface area contributed by atoms with E-state index < -0.39 is 0 Å². The number of allylic oxidation sites excluding steroid dienone is 1. The zero-order valence-corrected chi connectivity index (χ0v) is 16.1. The normalized spacial score (nSPS) is 33.5. The highest BCUT2D eigenvalue weighted by Gasteiger charge is 2.52. The number of aliphatic hydroxyl groups is 1. The van der Waals surface area contributed by atoms with Crippen molar-refractivity contribution < 1.29 is 5.11 Å². The van der Waals surface area contributed by atoms with Crippen molar-refractivity contribution in [2.75, 3.05) is 0 Å². The van der Waals surface area contributed by atoms with Crippen LogP contribution in [0.15, 0.2) is 54.6 Å². The molecule has 6 rings (SSSR count). The number of benzene rings is 2. The van der Waals surface area contributed by atoms with Gasteiger partial charge in [0.05, 0.1) is 17.3 Å². The molecule has 4 heteroatoms. The monoisotopic (exact) mass is 371 g/mol. The van der Waals surface area contributed by atoms with Crippen molar-refractivity contribution in [3.63, 3.8) is 0 Å². The van der Waals surface area contributed by atoms with E-state index in [2.05, 4.69) is 47.6 Å². The molecular formula is C24H25N3O. The van der Waals surface area contributed by atoms with Gasteiger partial charge in [0, 0.05) is 5.41 Å². The van der Waals surface area contributed by atoms with E-state index in [1.54, 1.807) is 0 Å². The number of fused-ring (bicyclic) bond motifs is 6. The predicted molar refractivity (Wildman–Crippen MR) is 109 cm³/mol. The minimum absolute atomic E-state index is 0.0399. The number of aryl methyl sites for hydroxylation is 1. The Morgan fingerprint density at radius 1 is 1.11 bits per heavy atom. The quantitative estimate of drug-likeness (QED) is 0.645. The van der Waals surface area contributed by atoms with Crippen LogP contribution in [0.1, 0.15) is 43.2 Å². The Kier molecular flexibility index (Phi) is 3.40. The number of hydrogen-bond donors (Lipinski definition) is 1. The van der Waals surface area contributed by atoms with Gasteiger partial charge in [-0.3, -0.25) is 0 Å². The molecule has 3 aliphatic rings. The van der Waals surface area contributed by atoms with Gasteiger partial charge in [-0.15, -0.1) is 5.10 Å². The van der Waals surface area contributed by atoms with Gasteiger partial charge >= 0.3 is 0 Å². The summed E-state index contributed by atoms with van der Waals surface area (Å²) in [5, 5.41) is 19.2. The Morgan fingerprint density at radius 2 is 2.00 bits per heavy atom. The van der Waals surface area contributed by atoms with Gasteiger partial charge < -0.3 is 5.11 Å². The van der Waals surface area contributed by atoms with Crippen molar-refractivity contribution in [3.8, 4) is 5.69 Å². The fraction of sp³-hybridized carbons (Fsp3) is 0.417. The third kappa shape index (κ3) is 2.15. The van der Waals surface area contributed by atoms with Gasteiger partial charge in [0.25, 0.3) is 0 Å². The first-order chi connectivity index (χ1) is 13.6. The molecule has 3 unspecified atom stereocenters. The lowest BCUT2D eigenvalue weighted by atomic mass is 9.55. The average molecular weight is 371 g/mol. The minimum atomic E-state index is -0.275. The Morgan fingerprint density at radius 3 is 2.93 bits per heavy atom. The van der Waals surface area contributed by atoms with E-state index in [4.69, 9.17) is 0 Å². The minimum Gasteiger partial charge on any atom is -0.388 e. The van der Waals surface area contributed by atoms with Crippen LogP contribution >= 0.6 is 0 Å². The van der Waals surface area contributed by atoms with Crippen molar-refractivity contribution in [3.05, 3.63) is 65.7 Å². The maximum atomic E-state index is 10.5. The van der Waals surface area contributed by atoms with E-state index in [0.717, 1.165) is 29.6 Å². The van der Waals surface area contributed by atoms with Crippen LogP contribution < -0.4 is 0 Å². The lowest BCUT2D eigenvalue weighted by molar-refractivity contribution is -0.0101. The number of hydrogen-bond acceptors (Lipinski definition) is 3. The van der Waals surface area contributed by atoms with Crippen LogP contribution in [0, 0.1) is 17.3 Å². The molecular weight excluding hydrogens is 346 g/mol. The molecule has 1 N–H and O–H groups in total. The van der Waals surface area contributed by atoms with E-state index in [-0.39, 0.29) is 11.5 Å². The summed E-state index contributed by atoms with van der Waals surface area (Å²) < 4.78 is 1.95. The maximum Gasteiger partial charge on any atom is 0.113 e. The van der Waals surface area contributed by atoms with Crippen LogP contribution in [0.25, 0.3) is 16.7 Å². The molecule has 0 aliphatic heterocycles. The van der Waals surface area contributed by atoms with Crippen LogP contribution in [0.4, 0.5) is 0 Å². The average Bonchev–Trinajstić information content (AvgIpc) is 3.28. The number of aliphatic hydroxyl groups excluding tert-OH is 1. The van der Waals surface area contributed by atoms with Crippen molar-refractivity contribution in [2.45, 2.75) is 44.6 Å². The summed E-state index contributed by atoms with van der Waals surface area (Å²) in [7, 11) is 0. The molecule has 1 heterocycles. The zero-order valence-electron chi connectivity index (χ0n) is 16.1. The van der Waals surface area contributed by atoms with Crippen LogP contribution in [-0.2, 0) is 6.42 Å². The molecule has 3 aromatic rings. The molecule has 1 saturated carbocycles. The summed E-state index contributed by atoms with van der Waals surface area (Å²) in [6.45, 7) is 2.28. The van der Waals surface area contributed by atoms with Crippen molar-refractivity contribution in [1.82, 2.24) is 15.0 Å². The van der Waals surface area contributed by atoms with E-state index in [1.807, 2.05) is 29.0 Å². The van der Waals surface area contributed by atoms with Crippen molar-refractivity contribution >= 4 is 11.0 Å². The summed E-state index contributed by atoms with van der Waals surface area (Å²) in [5.74, 6) is 1.77. The standard InChI is InChI=1S/C24H25N3O/c1-24-13-12-18-17-9-7-16(27-22-5-3-2-4-21(22)25-26-27)14-15(17)6-8-19(18)20(24)10-11-23(24)28/h2-5,7,9-11,14,18-20,23,28H,6,8,12-13H2,1H3/t18?,19?,20?,23-,24-/m0/s1. The third-order valence-electron chi connectivity index (χ3n) is 7.78. The van der Waals surface area contributed by atoms with Gasteiger partial charge in [-0.2, -0.15) is 0 Å². The summed E-state index contributed by atoms with van der Waals surface area (Å²) in [6, 6.07) is 15.0. The first-order valence-corrected chi connectivity index (χ1v) is 10.5. The lowest BCUT2D eigenvalue weighted by Gasteiger charge is -2.50. The number of rotatable bonds is 1. The molecule has 142 valence electrons. The summed E-state index contributed by atoms with van der Waals surface area (Å²) >= 11 is 0. The SMILES string of the molecule is C[C@]12CCC3c4ccc(-n5nnc6ccccc65)cc4CCC3C1C=C[C@@H]2O. The molecule has 0 bridgehead atoms. The zero-order chi connectivity index (χ0) is 18.9. The Balaban J connectivity index is 1.38. The van der Waals surface area contributed by atoms with Gasteiger partial charge in [-0.25, -0.2) is 4.68 Å². The number of para-hydroxylation sites is 1. The highest BCUT2D eigenvalue weighted by molar-refractivity contribution is 5.76. The Hall–Kier alpha value is -2.46. The third-order valence-corrected chi connectivity index (χ3v) is 7.78. The van der Waals surface area contributed by atoms with E-state index >= 15 is 0 Å². The molecule has 0 amide bonds. The van der Waals surface area contributed by atoms with Crippen molar-refractivity contribution in [2.24, 2.45) is 17.3 Å². The highest BCUT2D eigenvalue weighted by Crippen LogP contribution is 2.58. The fourth-order valence-electron chi connectivity index (χ4n) is 6.19. The molecule has 4 nitrogen and oxygen atoms in total. The summed E-state index contributed by atoms with van der Waals surface area (Å²) in [5.41, 5.74) is 6.10. The van der Waals surface area contributed by atoms with Gasteiger partial charge in [-0.05, 0) is 78.8 Å². The molecule has 0 spiro atoms. The van der Waals surface area contributed by atoms with E-state index in [0.29, 0.717) is 17.8 Å². The molecule has 0 saturated heterocycles. The predicted octanol–water partition coefficient (Wildman–Crippen LogP) is 4.41. The second-order valence-electron chi connectivity index (χ2n) is 9.08. The summed E-state index contributed by atoms with van der Waals surface area (Å²) in [4.78, 5) is 0. The molecule has 1 fully saturated rings. The van der Waals surface area contributed by atoms with Gasteiger partial charge in [0.15, 0.2) is 0 Å². The van der Waals surface area contributed by atoms with Crippen LogP contribution in [0.2, 0.25) is 0 Å². The van der Waals surface area contributed by atoms with Gasteiger partial charge in [0.2, 0.25) is 0 Å². The second kappa shape index (κ2) is 5.77. The van der Waals surface area contributed by atoms with Crippen molar-refractivity contribution in [1.29, 1.82) is 0 Å². The number of nitrogens with zero attached hydrogens (tertiary/aromatic N) is 3.